The molecular weight excluding hydrogens is 444 g/mol. The number of ketones is 1. The van der Waals surface area contributed by atoms with E-state index in [1.807, 2.05) is 42.6 Å². The molecule has 1 aliphatic rings. The number of amides is 1. The molecule has 1 atom stereocenters. The van der Waals surface area contributed by atoms with Crippen molar-refractivity contribution in [2.24, 2.45) is 0 Å². The molecule has 0 radical (unpaired) electrons. The number of carbonyl (C=O) groups excluding carboxylic acids is 2. The summed E-state index contributed by atoms with van der Waals surface area (Å²) in [4.78, 5) is 33.2. The summed E-state index contributed by atoms with van der Waals surface area (Å²) < 4.78 is 6.25. The molecule has 1 amide bonds. The lowest BCUT2D eigenvalue weighted by Crippen LogP contribution is -2.28. The second-order valence-electron chi connectivity index (χ2n) is 7.34. The largest absolute Gasteiger partial charge is 0.507 e. The van der Waals surface area contributed by atoms with E-state index in [-0.39, 0.29) is 11.3 Å². The van der Waals surface area contributed by atoms with E-state index in [0.717, 1.165) is 26.4 Å². The van der Waals surface area contributed by atoms with Crippen LogP contribution in [0.25, 0.3) is 16.0 Å². The van der Waals surface area contributed by atoms with Gasteiger partial charge in [-0.1, -0.05) is 47.7 Å². The van der Waals surface area contributed by atoms with Crippen molar-refractivity contribution in [1.29, 1.82) is 0 Å². The van der Waals surface area contributed by atoms with Gasteiger partial charge in [-0.05, 0) is 36.1 Å². The van der Waals surface area contributed by atoms with Gasteiger partial charge in [0.2, 0.25) is 0 Å². The lowest BCUT2D eigenvalue weighted by Gasteiger charge is -2.21. The number of methoxy groups -OCH3 is 1. The predicted molar refractivity (Wildman–Crippen MR) is 126 cm³/mol. The minimum absolute atomic E-state index is 0.0664. The molecule has 5 rings (SSSR count). The van der Waals surface area contributed by atoms with Gasteiger partial charge in [-0.3, -0.25) is 14.5 Å². The van der Waals surface area contributed by atoms with Crippen LogP contribution in [0.2, 0.25) is 0 Å². The minimum Gasteiger partial charge on any atom is -0.507 e. The van der Waals surface area contributed by atoms with E-state index >= 15 is 0 Å². The summed E-state index contributed by atoms with van der Waals surface area (Å²) in [6.07, 6.45) is 0. The number of nitrogens with zero attached hydrogens (tertiary/aromatic N) is 2. The van der Waals surface area contributed by atoms with Crippen molar-refractivity contribution < 1.29 is 19.4 Å². The summed E-state index contributed by atoms with van der Waals surface area (Å²) in [5, 5.41) is 13.3. The standard InChI is InChI=1S/C24H18N2O4S2/c1-13-11-15-18(12-16(13)30-2)32-24(25-15)26-20(17-9-6-10-31-17)19(22(28)23(26)29)21(27)14-7-4-3-5-8-14/h3-12,20,27H,1-2H3/b21-19+. The molecule has 0 spiro atoms. The van der Waals surface area contributed by atoms with Crippen molar-refractivity contribution in [2.75, 3.05) is 12.0 Å². The molecule has 6 nitrogen and oxygen atoms in total. The lowest BCUT2D eigenvalue weighted by atomic mass is 10.00. The lowest BCUT2D eigenvalue weighted by molar-refractivity contribution is -0.132. The fourth-order valence-corrected chi connectivity index (χ4v) is 5.69. The molecular formula is C24H18N2O4S2. The first-order chi connectivity index (χ1) is 15.5. The second-order valence-corrected chi connectivity index (χ2v) is 9.32. The van der Waals surface area contributed by atoms with Crippen LogP contribution in [-0.4, -0.2) is 28.9 Å². The SMILES string of the molecule is COc1cc2sc(N3C(=O)C(=O)/C(=C(/O)c4ccccc4)C3c3cccs3)nc2cc1C. The van der Waals surface area contributed by atoms with Gasteiger partial charge in [0.15, 0.2) is 5.13 Å². The number of carbonyl (C=O) groups is 2. The van der Waals surface area contributed by atoms with Crippen LogP contribution in [0.3, 0.4) is 0 Å². The van der Waals surface area contributed by atoms with Crippen molar-refractivity contribution in [3.05, 3.63) is 81.6 Å². The van der Waals surface area contributed by atoms with Crippen molar-refractivity contribution in [3.8, 4) is 5.75 Å². The van der Waals surface area contributed by atoms with Crippen molar-refractivity contribution in [3.63, 3.8) is 0 Å². The topological polar surface area (TPSA) is 79.7 Å². The Bertz CT molecular complexity index is 1370. The van der Waals surface area contributed by atoms with Gasteiger partial charge in [-0.15, -0.1) is 11.3 Å². The fraction of sp³-hybridized carbons (Fsp3) is 0.125. The number of aliphatic hydroxyl groups excluding tert-OH is 1. The number of hydrogen-bond acceptors (Lipinski definition) is 7. The molecule has 8 heteroatoms. The molecule has 32 heavy (non-hydrogen) atoms. The summed E-state index contributed by atoms with van der Waals surface area (Å²) in [6.45, 7) is 1.93. The van der Waals surface area contributed by atoms with Crippen molar-refractivity contribution in [2.45, 2.75) is 13.0 Å². The zero-order chi connectivity index (χ0) is 22.4. The molecule has 2 aromatic heterocycles. The summed E-state index contributed by atoms with van der Waals surface area (Å²) >= 11 is 2.73. The van der Waals surface area contributed by atoms with E-state index in [1.165, 1.54) is 27.6 Å². The Balaban J connectivity index is 1.71. The number of benzene rings is 2. The van der Waals surface area contributed by atoms with E-state index < -0.39 is 17.7 Å². The van der Waals surface area contributed by atoms with Crippen LogP contribution in [0.4, 0.5) is 5.13 Å². The number of anilines is 1. The minimum atomic E-state index is -0.751. The van der Waals surface area contributed by atoms with Crippen molar-refractivity contribution in [1.82, 2.24) is 4.98 Å². The van der Waals surface area contributed by atoms with Gasteiger partial charge in [0, 0.05) is 10.4 Å². The highest BCUT2D eigenvalue weighted by Crippen LogP contribution is 2.45. The number of aliphatic hydroxyl groups is 1. The van der Waals surface area contributed by atoms with Gasteiger partial charge >= 0.3 is 5.91 Å². The normalized spacial score (nSPS) is 17.9. The van der Waals surface area contributed by atoms with Crippen molar-refractivity contribution >= 4 is 55.5 Å². The average Bonchev–Trinajstić information content (AvgIpc) is 3.52. The van der Waals surface area contributed by atoms with E-state index in [4.69, 9.17) is 4.74 Å². The van der Waals surface area contributed by atoms with Gasteiger partial charge in [0.25, 0.3) is 5.78 Å². The highest BCUT2D eigenvalue weighted by molar-refractivity contribution is 7.22. The third kappa shape index (κ3) is 3.19. The molecule has 1 N–H and O–H groups in total. The molecule has 160 valence electrons. The smallest absolute Gasteiger partial charge is 0.301 e. The first kappa shape index (κ1) is 20.4. The Kier molecular flexibility index (Phi) is 5.03. The highest BCUT2D eigenvalue weighted by atomic mass is 32.1. The van der Waals surface area contributed by atoms with Crippen LogP contribution >= 0.6 is 22.7 Å². The van der Waals surface area contributed by atoms with E-state index in [9.17, 15) is 14.7 Å². The van der Waals surface area contributed by atoms with Crippen LogP contribution in [0.5, 0.6) is 5.75 Å². The molecule has 3 heterocycles. The monoisotopic (exact) mass is 462 g/mol. The number of aromatic nitrogens is 1. The molecule has 2 aromatic carbocycles. The highest BCUT2D eigenvalue weighted by Gasteiger charge is 2.48. The third-order valence-corrected chi connectivity index (χ3v) is 7.35. The number of hydrogen-bond donors (Lipinski definition) is 1. The maximum absolute atomic E-state index is 13.2. The summed E-state index contributed by atoms with van der Waals surface area (Å²) in [5.41, 5.74) is 2.20. The van der Waals surface area contributed by atoms with E-state index in [2.05, 4.69) is 4.98 Å². The maximum atomic E-state index is 13.2. The number of Topliss-reactive ketones (excluding diaryl/α,β-unsaturated/α-hetero) is 1. The molecule has 4 aromatic rings. The molecule has 0 aliphatic carbocycles. The molecule has 0 bridgehead atoms. The second kappa shape index (κ2) is 7.89. The molecule has 1 unspecified atom stereocenters. The Morgan fingerprint density at radius 2 is 1.91 bits per heavy atom. The zero-order valence-electron chi connectivity index (χ0n) is 17.2. The number of ether oxygens (including phenoxy) is 1. The maximum Gasteiger partial charge on any atom is 0.301 e. The number of rotatable bonds is 4. The Labute approximate surface area is 192 Å². The van der Waals surface area contributed by atoms with Crippen LogP contribution < -0.4 is 9.64 Å². The number of aryl methyl sites for hydroxylation is 1. The molecule has 1 saturated heterocycles. The zero-order valence-corrected chi connectivity index (χ0v) is 18.9. The molecule has 1 fully saturated rings. The predicted octanol–water partition coefficient (Wildman–Crippen LogP) is 5.30. The first-order valence-corrected chi connectivity index (χ1v) is 11.5. The number of thiophene rings is 1. The fourth-order valence-electron chi connectivity index (χ4n) is 3.87. The van der Waals surface area contributed by atoms with Crippen LogP contribution in [0.15, 0.2) is 65.6 Å². The quantitative estimate of drug-likeness (QED) is 0.253. The number of thiazole rings is 1. The third-order valence-electron chi connectivity index (χ3n) is 5.40. The van der Waals surface area contributed by atoms with Gasteiger partial charge in [0.05, 0.1) is 22.9 Å². The van der Waals surface area contributed by atoms with Gasteiger partial charge in [-0.25, -0.2) is 4.98 Å². The van der Waals surface area contributed by atoms with Crippen LogP contribution in [0, 0.1) is 6.92 Å². The van der Waals surface area contributed by atoms with Gasteiger partial charge in [-0.2, -0.15) is 0 Å². The molecule has 0 saturated carbocycles. The van der Waals surface area contributed by atoms with Gasteiger partial charge in [0.1, 0.15) is 17.6 Å². The molecule has 1 aliphatic heterocycles. The average molecular weight is 463 g/mol. The summed E-state index contributed by atoms with van der Waals surface area (Å²) in [7, 11) is 1.61. The van der Waals surface area contributed by atoms with E-state index in [1.54, 1.807) is 31.4 Å². The van der Waals surface area contributed by atoms with E-state index in [0.29, 0.717) is 10.7 Å². The Hall–Kier alpha value is -3.49. The van der Waals surface area contributed by atoms with Gasteiger partial charge < -0.3 is 9.84 Å². The summed E-state index contributed by atoms with van der Waals surface area (Å²) in [6, 6.07) is 15.5. The first-order valence-electron chi connectivity index (χ1n) is 9.84. The number of fused-ring (bicyclic) bond motifs is 1. The Morgan fingerprint density at radius 1 is 1.12 bits per heavy atom. The van der Waals surface area contributed by atoms with Crippen LogP contribution in [0.1, 0.15) is 22.0 Å². The Morgan fingerprint density at radius 3 is 2.59 bits per heavy atom. The summed E-state index contributed by atoms with van der Waals surface area (Å²) in [5.74, 6) is -0.890. The van der Waals surface area contributed by atoms with Crippen LogP contribution in [-0.2, 0) is 9.59 Å².